The van der Waals surface area contributed by atoms with Gasteiger partial charge in [0, 0.05) is 56.3 Å². The van der Waals surface area contributed by atoms with Crippen molar-refractivity contribution < 1.29 is 37.6 Å². The lowest BCUT2D eigenvalue weighted by atomic mass is 9.68. The predicted octanol–water partition coefficient (Wildman–Crippen LogP) is 5.49. The average Bonchev–Trinajstić information content (AvgIpc) is 3.25. The van der Waals surface area contributed by atoms with Crippen LogP contribution < -0.4 is 0 Å². The van der Waals surface area contributed by atoms with E-state index in [1.165, 1.54) is 12.1 Å². The Bertz CT molecular complexity index is 1360. The summed E-state index contributed by atoms with van der Waals surface area (Å²) in [5.74, 6) is -0.0202. The van der Waals surface area contributed by atoms with Crippen LogP contribution in [0, 0.1) is 16.7 Å². The molecule has 40 heavy (non-hydrogen) atoms. The number of fused-ring (bicyclic) bond motifs is 4. The first-order valence-corrected chi connectivity index (χ1v) is 13.9. The second-order valence-electron chi connectivity index (χ2n) is 12.1. The van der Waals surface area contributed by atoms with Crippen LogP contribution in [0.1, 0.15) is 115 Å². The quantitative estimate of drug-likeness (QED) is 0.502. The van der Waals surface area contributed by atoms with Crippen molar-refractivity contribution in [1.29, 1.82) is 5.26 Å². The first-order chi connectivity index (χ1) is 19.0. The molecule has 4 aliphatic rings. The first-order valence-electron chi connectivity index (χ1n) is 13.9. The molecule has 6 rings (SSSR count). The van der Waals surface area contributed by atoms with Gasteiger partial charge in [-0.15, -0.1) is 0 Å². The van der Waals surface area contributed by atoms with Gasteiger partial charge >= 0.3 is 6.18 Å². The molecule has 1 spiro atoms. The van der Waals surface area contributed by atoms with E-state index in [1.54, 1.807) is 6.07 Å². The minimum atomic E-state index is -4.67. The summed E-state index contributed by atoms with van der Waals surface area (Å²) >= 11 is 0. The van der Waals surface area contributed by atoms with Crippen molar-refractivity contribution in [2.24, 2.45) is 5.41 Å². The van der Waals surface area contributed by atoms with Crippen molar-refractivity contribution in [3.8, 4) is 6.07 Å². The molecule has 0 saturated carbocycles. The van der Waals surface area contributed by atoms with Gasteiger partial charge in [0.25, 0.3) is 0 Å². The van der Waals surface area contributed by atoms with Crippen molar-refractivity contribution in [3.63, 3.8) is 0 Å². The van der Waals surface area contributed by atoms with Crippen LogP contribution in [0.25, 0.3) is 0 Å². The molecule has 2 aromatic rings. The van der Waals surface area contributed by atoms with Crippen molar-refractivity contribution in [2.45, 2.75) is 82.0 Å². The predicted molar refractivity (Wildman–Crippen MR) is 136 cm³/mol. The van der Waals surface area contributed by atoms with Gasteiger partial charge in [-0.1, -0.05) is 19.9 Å². The van der Waals surface area contributed by atoms with Crippen molar-refractivity contribution in [3.05, 3.63) is 63.0 Å². The zero-order valence-corrected chi connectivity index (χ0v) is 22.6. The fourth-order valence-corrected chi connectivity index (χ4v) is 7.03. The number of aliphatic hydroxyl groups is 2. The van der Waals surface area contributed by atoms with Crippen molar-refractivity contribution >= 4 is 0 Å². The van der Waals surface area contributed by atoms with Crippen molar-refractivity contribution in [2.75, 3.05) is 26.4 Å². The number of alkyl halides is 3. The smallest absolute Gasteiger partial charge is 0.388 e. The van der Waals surface area contributed by atoms with E-state index in [0.29, 0.717) is 75.4 Å². The second kappa shape index (κ2) is 9.78. The normalized spacial score (nSPS) is 27.7. The molecule has 3 aliphatic heterocycles. The third-order valence-corrected chi connectivity index (χ3v) is 9.13. The number of rotatable bonds is 2. The number of aromatic nitrogens is 1. The van der Waals surface area contributed by atoms with Crippen LogP contribution in [0.15, 0.2) is 18.2 Å². The van der Waals surface area contributed by atoms with E-state index < -0.39 is 46.6 Å². The maximum atomic E-state index is 13.6. The molecule has 10 heteroatoms. The summed E-state index contributed by atoms with van der Waals surface area (Å²) in [7, 11) is 0. The van der Waals surface area contributed by atoms with Crippen LogP contribution in [-0.2, 0) is 26.0 Å². The molecule has 214 valence electrons. The summed E-state index contributed by atoms with van der Waals surface area (Å²) in [5, 5.41) is 32.7. The van der Waals surface area contributed by atoms with Crippen LogP contribution >= 0.6 is 0 Å². The van der Waals surface area contributed by atoms with Gasteiger partial charge in [-0.3, -0.25) is 4.98 Å². The fourth-order valence-electron chi connectivity index (χ4n) is 7.03. The Morgan fingerprint density at radius 3 is 2.33 bits per heavy atom. The molecule has 2 saturated heterocycles. The maximum absolute atomic E-state index is 13.6. The largest absolute Gasteiger partial charge is 0.417 e. The zero-order valence-electron chi connectivity index (χ0n) is 22.6. The molecule has 1 aromatic heterocycles. The van der Waals surface area contributed by atoms with Crippen LogP contribution in [0.3, 0.4) is 0 Å². The molecule has 2 N–H and O–H groups in total. The lowest BCUT2D eigenvalue weighted by Gasteiger charge is -2.42. The second-order valence-corrected chi connectivity index (χ2v) is 12.1. The molecule has 2 fully saturated rings. The number of pyridine rings is 1. The molecule has 0 radical (unpaired) electrons. The topological polar surface area (TPSA) is 105 Å². The van der Waals surface area contributed by atoms with E-state index in [-0.39, 0.29) is 5.92 Å². The molecular weight excluding hydrogens is 525 g/mol. The van der Waals surface area contributed by atoms with E-state index in [1.807, 2.05) is 13.8 Å². The Morgan fingerprint density at radius 2 is 1.68 bits per heavy atom. The highest BCUT2D eigenvalue weighted by Gasteiger charge is 2.54. The standard InChI is InChI=1S/C30H33F3N2O5/c1-28(2)14-20(36)21-23-22(24(35-25(21)27(28)37)16-5-9-38-10-6-16)26(40-29(23)7-11-39-12-8-29)17-3-4-19(30(31,32)33)18(13-17)15-34/h3-4,13,16,20,26-27,36-37H,5-12,14H2,1-2H3/t20-,26+,27-/m0/s1. The Balaban J connectivity index is 1.63. The van der Waals surface area contributed by atoms with Gasteiger partial charge in [-0.25, -0.2) is 0 Å². The van der Waals surface area contributed by atoms with E-state index >= 15 is 0 Å². The summed E-state index contributed by atoms with van der Waals surface area (Å²) in [6.07, 6.45) is -4.60. The number of halogens is 3. The molecule has 1 aliphatic carbocycles. The SMILES string of the molecule is CC1(C)C[C@H](O)c2c(nc(C3CCOCC3)c3c2C2(CCOCC2)O[C@@H]3c2ccc(C(F)(F)F)c(C#N)c2)[C@@H]1O. The molecule has 3 atom stereocenters. The summed E-state index contributed by atoms with van der Waals surface area (Å²) in [6, 6.07) is 5.28. The van der Waals surface area contributed by atoms with E-state index in [2.05, 4.69) is 0 Å². The molecular formula is C30H33F3N2O5. The van der Waals surface area contributed by atoms with Gasteiger partial charge in [0.15, 0.2) is 0 Å². The summed E-state index contributed by atoms with van der Waals surface area (Å²) in [4.78, 5) is 5.07. The van der Waals surface area contributed by atoms with Gasteiger partial charge in [-0.2, -0.15) is 18.4 Å². The lowest BCUT2D eigenvalue weighted by Crippen LogP contribution is -2.38. The third-order valence-electron chi connectivity index (χ3n) is 9.13. The molecule has 0 bridgehead atoms. The maximum Gasteiger partial charge on any atom is 0.417 e. The molecule has 0 unspecified atom stereocenters. The number of nitrogens with zero attached hydrogens (tertiary/aromatic N) is 2. The number of hydrogen-bond donors (Lipinski definition) is 2. The summed E-state index contributed by atoms with van der Waals surface area (Å²) < 4.78 is 59.1. The number of aliphatic hydroxyl groups excluding tert-OH is 2. The average molecular weight is 559 g/mol. The number of ether oxygens (including phenoxy) is 3. The summed E-state index contributed by atoms with van der Waals surface area (Å²) in [5.41, 5.74) is 0.739. The minimum absolute atomic E-state index is 0.0202. The molecule has 4 heterocycles. The van der Waals surface area contributed by atoms with Crippen molar-refractivity contribution in [1.82, 2.24) is 4.98 Å². The van der Waals surface area contributed by atoms with Gasteiger partial charge in [0.2, 0.25) is 0 Å². The van der Waals surface area contributed by atoms with Crippen LogP contribution in [0.5, 0.6) is 0 Å². The van der Waals surface area contributed by atoms with E-state index in [9.17, 15) is 28.6 Å². The highest BCUT2D eigenvalue weighted by atomic mass is 19.4. The number of hydrogen-bond acceptors (Lipinski definition) is 7. The highest BCUT2D eigenvalue weighted by Crippen LogP contribution is 2.59. The van der Waals surface area contributed by atoms with Gasteiger partial charge in [-0.05, 0) is 47.9 Å². The van der Waals surface area contributed by atoms with Crippen LogP contribution in [0.2, 0.25) is 0 Å². The van der Waals surface area contributed by atoms with Gasteiger partial charge in [0.1, 0.15) is 12.2 Å². The molecule has 7 nitrogen and oxygen atoms in total. The highest BCUT2D eigenvalue weighted by molar-refractivity contribution is 5.56. The Labute approximate surface area is 230 Å². The fraction of sp³-hybridized carbons (Fsp3) is 0.600. The monoisotopic (exact) mass is 558 g/mol. The number of benzene rings is 1. The molecule has 0 amide bonds. The zero-order chi connectivity index (χ0) is 28.4. The van der Waals surface area contributed by atoms with E-state index in [4.69, 9.17) is 19.2 Å². The Morgan fingerprint density at radius 1 is 1.00 bits per heavy atom. The molecule has 1 aromatic carbocycles. The minimum Gasteiger partial charge on any atom is -0.388 e. The first kappa shape index (κ1) is 27.6. The third kappa shape index (κ3) is 4.34. The Hall–Kier alpha value is -2.55. The summed E-state index contributed by atoms with van der Waals surface area (Å²) in [6.45, 7) is 5.72. The van der Waals surface area contributed by atoms with Gasteiger partial charge < -0.3 is 24.4 Å². The van der Waals surface area contributed by atoms with Crippen LogP contribution in [-0.4, -0.2) is 41.6 Å². The van der Waals surface area contributed by atoms with Gasteiger partial charge in [0.05, 0.1) is 40.3 Å². The van der Waals surface area contributed by atoms with Crippen LogP contribution in [0.4, 0.5) is 13.2 Å². The number of nitriles is 1. The lowest BCUT2D eigenvalue weighted by molar-refractivity contribution is -0.138. The Kier molecular flexibility index (Phi) is 6.75. The van der Waals surface area contributed by atoms with E-state index in [0.717, 1.165) is 22.9 Å².